The zero-order chi connectivity index (χ0) is 13.5. The summed E-state index contributed by atoms with van der Waals surface area (Å²) >= 11 is 6.36. The lowest BCUT2D eigenvalue weighted by molar-refractivity contribution is -0.104. The van der Waals surface area contributed by atoms with Gasteiger partial charge in [0.1, 0.15) is 6.04 Å². The Morgan fingerprint density at radius 3 is 2.78 bits per heavy atom. The van der Waals surface area contributed by atoms with Crippen LogP contribution in [-0.2, 0) is 4.74 Å². The van der Waals surface area contributed by atoms with Crippen LogP contribution in [0, 0.1) is 0 Å². The molecule has 1 aliphatic rings. The molecule has 1 atom stereocenters. The summed E-state index contributed by atoms with van der Waals surface area (Å²) in [4.78, 5) is 11.1. The molecule has 8 heteroatoms. The number of halogens is 4. The Hall–Kier alpha value is -0.890. The SMILES string of the molecule is Nc1c(Br)cc(Br)cc1[C@@H]1NC(=O)OCC1(F)F. The monoisotopic (exact) mass is 384 g/mol. The minimum absolute atomic E-state index is 0.137. The number of amides is 1. The molecule has 1 aromatic rings. The number of rotatable bonds is 1. The topological polar surface area (TPSA) is 64.3 Å². The molecule has 0 saturated carbocycles. The summed E-state index contributed by atoms with van der Waals surface area (Å²) in [5.41, 5.74) is 6.05. The molecule has 18 heavy (non-hydrogen) atoms. The Labute approximate surface area is 118 Å². The number of hydrogen-bond donors (Lipinski definition) is 2. The van der Waals surface area contributed by atoms with Gasteiger partial charge >= 0.3 is 12.0 Å². The number of nitrogens with two attached hydrogens (primary N) is 1. The Bertz CT molecular complexity index is 511. The van der Waals surface area contributed by atoms with Crippen LogP contribution < -0.4 is 11.1 Å². The summed E-state index contributed by atoms with van der Waals surface area (Å²) in [5.74, 6) is -3.22. The summed E-state index contributed by atoms with van der Waals surface area (Å²) in [7, 11) is 0. The highest BCUT2D eigenvalue weighted by atomic mass is 79.9. The molecule has 1 amide bonds. The number of carbonyl (C=O) groups is 1. The minimum atomic E-state index is -3.22. The highest BCUT2D eigenvalue weighted by Gasteiger charge is 2.47. The number of benzene rings is 1. The van der Waals surface area contributed by atoms with Gasteiger partial charge in [0.15, 0.2) is 6.61 Å². The molecule has 2 rings (SSSR count). The molecule has 1 saturated heterocycles. The van der Waals surface area contributed by atoms with Crippen molar-refractivity contribution in [1.82, 2.24) is 5.32 Å². The van der Waals surface area contributed by atoms with Crippen LogP contribution in [0.4, 0.5) is 19.3 Å². The Balaban J connectivity index is 2.49. The predicted molar refractivity (Wildman–Crippen MR) is 68.4 cm³/mol. The maximum atomic E-state index is 13.7. The zero-order valence-corrected chi connectivity index (χ0v) is 12.0. The minimum Gasteiger partial charge on any atom is -0.443 e. The third-order valence-corrected chi connectivity index (χ3v) is 3.63. The van der Waals surface area contributed by atoms with Crippen molar-refractivity contribution in [3.63, 3.8) is 0 Å². The second-order valence-electron chi connectivity index (χ2n) is 3.81. The number of alkyl carbamates (subject to hydrolysis) is 1. The Morgan fingerprint density at radius 2 is 2.11 bits per heavy atom. The van der Waals surface area contributed by atoms with Crippen LogP contribution in [0.3, 0.4) is 0 Å². The van der Waals surface area contributed by atoms with Crippen molar-refractivity contribution in [2.45, 2.75) is 12.0 Å². The molecule has 0 unspecified atom stereocenters. The lowest BCUT2D eigenvalue weighted by atomic mass is 9.98. The van der Waals surface area contributed by atoms with Gasteiger partial charge in [-0.1, -0.05) is 15.9 Å². The maximum Gasteiger partial charge on any atom is 0.408 e. The maximum absolute atomic E-state index is 13.7. The van der Waals surface area contributed by atoms with Gasteiger partial charge in [0.05, 0.1) is 5.69 Å². The number of hydrogen-bond acceptors (Lipinski definition) is 3. The van der Waals surface area contributed by atoms with Crippen molar-refractivity contribution < 1.29 is 18.3 Å². The number of cyclic esters (lactones) is 1. The first-order valence-electron chi connectivity index (χ1n) is 4.87. The van der Waals surface area contributed by atoms with Crippen LogP contribution in [0.25, 0.3) is 0 Å². The fourth-order valence-electron chi connectivity index (χ4n) is 1.66. The second-order valence-corrected chi connectivity index (χ2v) is 5.58. The molecule has 98 valence electrons. The first-order valence-corrected chi connectivity index (χ1v) is 6.45. The standard InChI is InChI=1S/C10H8Br2F2N2O2/c11-4-1-5(7(15)6(12)2-4)8-10(13,14)3-18-9(17)16-8/h1-2,8H,3,15H2,(H,16,17)/t8-/m0/s1. The van der Waals surface area contributed by atoms with Crippen LogP contribution in [0.1, 0.15) is 11.6 Å². The van der Waals surface area contributed by atoms with Crippen LogP contribution in [0.15, 0.2) is 21.1 Å². The van der Waals surface area contributed by atoms with Gasteiger partial charge in [-0.25, -0.2) is 13.6 Å². The van der Waals surface area contributed by atoms with E-state index in [-0.39, 0.29) is 11.3 Å². The zero-order valence-electron chi connectivity index (χ0n) is 8.84. The average molecular weight is 386 g/mol. The van der Waals surface area contributed by atoms with Crippen molar-refractivity contribution in [3.8, 4) is 0 Å². The summed E-state index contributed by atoms with van der Waals surface area (Å²) in [6, 6.07) is 1.58. The number of alkyl halides is 2. The van der Waals surface area contributed by atoms with Gasteiger partial charge in [0.25, 0.3) is 0 Å². The fourth-order valence-corrected chi connectivity index (χ4v) is 2.92. The molecule has 1 aromatic carbocycles. The van der Waals surface area contributed by atoms with Gasteiger partial charge < -0.3 is 15.8 Å². The van der Waals surface area contributed by atoms with Crippen molar-refractivity contribution in [1.29, 1.82) is 0 Å². The van der Waals surface area contributed by atoms with Crippen LogP contribution in [-0.4, -0.2) is 18.6 Å². The van der Waals surface area contributed by atoms with E-state index in [1.165, 1.54) is 6.07 Å². The van der Waals surface area contributed by atoms with Gasteiger partial charge in [-0.2, -0.15) is 0 Å². The summed E-state index contributed by atoms with van der Waals surface area (Å²) < 4.78 is 32.8. The fraction of sp³-hybridized carbons (Fsp3) is 0.300. The molecule has 0 spiro atoms. The van der Waals surface area contributed by atoms with E-state index in [1.54, 1.807) is 6.07 Å². The molecule has 1 aliphatic heterocycles. The van der Waals surface area contributed by atoms with E-state index < -0.39 is 24.7 Å². The van der Waals surface area contributed by atoms with Gasteiger partial charge in [-0.05, 0) is 28.1 Å². The predicted octanol–water partition coefficient (Wildman–Crippen LogP) is 3.21. The highest BCUT2D eigenvalue weighted by Crippen LogP contribution is 2.40. The molecular formula is C10H8Br2F2N2O2. The highest BCUT2D eigenvalue weighted by molar-refractivity contribution is 9.11. The number of ether oxygens (including phenoxy) is 1. The third-order valence-electron chi connectivity index (χ3n) is 2.52. The van der Waals surface area contributed by atoms with Crippen LogP contribution in [0.5, 0.6) is 0 Å². The summed E-state index contributed by atoms with van der Waals surface area (Å²) in [5, 5.41) is 2.09. The largest absolute Gasteiger partial charge is 0.443 e. The molecule has 3 N–H and O–H groups in total. The number of nitrogen functional groups attached to an aromatic ring is 1. The van der Waals surface area contributed by atoms with E-state index >= 15 is 0 Å². The number of carbonyl (C=O) groups excluding carboxylic acids is 1. The lowest BCUT2D eigenvalue weighted by Gasteiger charge is -2.32. The first-order chi connectivity index (χ1) is 8.31. The van der Waals surface area contributed by atoms with Gasteiger partial charge in [0, 0.05) is 14.5 Å². The lowest BCUT2D eigenvalue weighted by Crippen LogP contribution is -2.49. The Kier molecular flexibility index (Phi) is 3.50. The van der Waals surface area contributed by atoms with Crippen molar-refractivity contribution in [3.05, 3.63) is 26.6 Å². The molecule has 0 radical (unpaired) electrons. The molecule has 0 aliphatic carbocycles. The quantitative estimate of drug-likeness (QED) is 0.729. The van der Waals surface area contributed by atoms with Gasteiger partial charge in [-0.3, -0.25) is 0 Å². The smallest absolute Gasteiger partial charge is 0.408 e. The van der Waals surface area contributed by atoms with Crippen LogP contribution >= 0.6 is 31.9 Å². The van der Waals surface area contributed by atoms with Gasteiger partial charge in [-0.15, -0.1) is 0 Å². The van der Waals surface area contributed by atoms with Crippen molar-refractivity contribution in [2.75, 3.05) is 12.3 Å². The molecule has 1 fully saturated rings. The molecule has 4 nitrogen and oxygen atoms in total. The van der Waals surface area contributed by atoms with Gasteiger partial charge in [0.2, 0.25) is 0 Å². The third kappa shape index (κ3) is 2.44. The van der Waals surface area contributed by atoms with E-state index in [0.717, 1.165) is 0 Å². The second kappa shape index (κ2) is 4.65. The number of anilines is 1. The van der Waals surface area contributed by atoms with Crippen LogP contribution in [0.2, 0.25) is 0 Å². The normalized spacial score (nSPS) is 22.2. The van der Waals surface area contributed by atoms with Crippen molar-refractivity contribution in [2.24, 2.45) is 0 Å². The molecule has 0 aromatic heterocycles. The summed E-state index contributed by atoms with van der Waals surface area (Å²) in [6.45, 7) is -0.965. The number of nitrogens with one attached hydrogen (secondary N) is 1. The molecular weight excluding hydrogens is 378 g/mol. The van der Waals surface area contributed by atoms with E-state index in [4.69, 9.17) is 5.73 Å². The van der Waals surface area contributed by atoms with E-state index in [2.05, 4.69) is 41.9 Å². The average Bonchev–Trinajstić information content (AvgIpc) is 2.27. The molecule has 1 heterocycles. The van der Waals surface area contributed by atoms with E-state index in [0.29, 0.717) is 8.95 Å². The van der Waals surface area contributed by atoms with E-state index in [1.807, 2.05) is 0 Å². The summed E-state index contributed by atoms with van der Waals surface area (Å²) in [6.07, 6.45) is -0.888. The van der Waals surface area contributed by atoms with E-state index in [9.17, 15) is 13.6 Å². The first kappa shape index (κ1) is 13.5. The van der Waals surface area contributed by atoms with Crippen molar-refractivity contribution >= 4 is 43.6 Å². The Morgan fingerprint density at radius 1 is 1.44 bits per heavy atom. The molecule has 0 bridgehead atoms.